The van der Waals surface area contributed by atoms with Crippen molar-refractivity contribution in [3.63, 3.8) is 0 Å². The summed E-state index contributed by atoms with van der Waals surface area (Å²) in [6.07, 6.45) is 3.63. The van der Waals surface area contributed by atoms with Crippen LogP contribution in [0.25, 0.3) is 0 Å². The van der Waals surface area contributed by atoms with Gasteiger partial charge >= 0.3 is 0 Å². The van der Waals surface area contributed by atoms with Crippen LogP contribution in [0, 0.1) is 0 Å². The van der Waals surface area contributed by atoms with E-state index < -0.39 is 0 Å². The average molecular weight is 272 g/mol. The number of nitrogens with zero attached hydrogens (tertiary/aromatic N) is 1. The zero-order chi connectivity index (χ0) is 12.3. The molecule has 4 heteroatoms. The van der Waals surface area contributed by atoms with E-state index in [2.05, 4.69) is 4.90 Å². The molecule has 0 unspecified atom stereocenters. The van der Waals surface area contributed by atoms with Crippen molar-refractivity contribution in [3.05, 3.63) is 33.8 Å². The molecule has 0 aromatic heterocycles. The number of rotatable bonds is 3. The van der Waals surface area contributed by atoms with Crippen molar-refractivity contribution in [2.45, 2.75) is 19.3 Å². The van der Waals surface area contributed by atoms with Crippen molar-refractivity contribution in [2.24, 2.45) is 0 Å². The van der Waals surface area contributed by atoms with Gasteiger partial charge < -0.3 is 0 Å². The third-order valence-corrected chi connectivity index (χ3v) is 3.60. The summed E-state index contributed by atoms with van der Waals surface area (Å²) < 4.78 is 0. The predicted molar refractivity (Wildman–Crippen MR) is 71.1 cm³/mol. The lowest BCUT2D eigenvalue weighted by atomic mass is 10.1. The molecule has 1 heterocycles. The number of hydrogen-bond acceptors (Lipinski definition) is 2. The minimum absolute atomic E-state index is 0.0774. The number of halogens is 2. The summed E-state index contributed by atoms with van der Waals surface area (Å²) in [5.74, 6) is 0.0774. The molecule has 0 saturated carbocycles. The quantitative estimate of drug-likeness (QED) is 0.782. The van der Waals surface area contributed by atoms with E-state index in [-0.39, 0.29) is 5.78 Å². The van der Waals surface area contributed by atoms with Gasteiger partial charge in [-0.05, 0) is 44.1 Å². The number of benzene rings is 1. The molecule has 92 valence electrons. The van der Waals surface area contributed by atoms with Crippen LogP contribution >= 0.6 is 23.2 Å². The molecule has 1 aliphatic heterocycles. The Labute approximate surface area is 112 Å². The molecule has 1 saturated heterocycles. The zero-order valence-electron chi connectivity index (χ0n) is 9.59. The second kappa shape index (κ2) is 5.85. The molecule has 1 aromatic rings. The molecular formula is C13H15Cl2NO. The Hall–Kier alpha value is -0.570. The van der Waals surface area contributed by atoms with Crippen molar-refractivity contribution in [1.29, 1.82) is 0 Å². The minimum atomic E-state index is 0.0774. The highest BCUT2D eigenvalue weighted by atomic mass is 35.5. The molecule has 2 rings (SSSR count). The number of Topliss-reactive ketones (excluding diaryl/α,β-unsaturated/α-hetero) is 1. The summed E-state index contributed by atoms with van der Waals surface area (Å²) in [7, 11) is 0. The molecule has 1 aromatic carbocycles. The van der Waals surface area contributed by atoms with E-state index in [0.29, 0.717) is 22.2 Å². The number of ketones is 1. The molecule has 1 fully saturated rings. The number of carbonyl (C=O) groups is 1. The fourth-order valence-corrected chi connectivity index (χ4v) is 2.64. The average Bonchev–Trinajstić information content (AvgIpc) is 2.30. The van der Waals surface area contributed by atoms with Crippen molar-refractivity contribution in [3.8, 4) is 0 Å². The minimum Gasteiger partial charge on any atom is -0.296 e. The Morgan fingerprint density at radius 3 is 2.53 bits per heavy atom. The van der Waals surface area contributed by atoms with Crippen LogP contribution in [0.1, 0.15) is 29.6 Å². The summed E-state index contributed by atoms with van der Waals surface area (Å²) in [5.41, 5.74) is 0.571. The van der Waals surface area contributed by atoms with Crippen LogP contribution in [0.4, 0.5) is 0 Å². The van der Waals surface area contributed by atoms with Crippen LogP contribution in [0.15, 0.2) is 18.2 Å². The molecule has 0 bridgehead atoms. The van der Waals surface area contributed by atoms with Gasteiger partial charge in [-0.1, -0.05) is 29.6 Å². The number of hydrogen-bond donors (Lipinski definition) is 0. The summed E-state index contributed by atoms with van der Waals surface area (Å²) in [5, 5.41) is 1.00. The van der Waals surface area contributed by atoms with Crippen LogP contribution in [-0.4, -0.2) is 30.3 Å². The first kappa shape index (κ1) is 12.9. The third-order valence-electron chi connectivity index (χ3n) is 3.05. The van der Waals surface area contributed by atoms with E-state index >= 15 is 0 Å². The lowest BCUT2D eigenvalue weighted by molar-refractivity contribution is 0.0916. The molecule has 0 atom stereocenters. The highest BCUT2D eigenvalue weighted by Gasteiger charge is 2.17. The van der Waals surface area contributed by atoms with Crippen LogP contribution < -0.4 is 0 Å². The lowest BCUT2D eigenvalue weighted by Gasteiger charge is -2.25. The Bertz CT molecular complexity index is 414. The molecule has 0 N–H and O–H groups in total. The van der Waals surface area contributed by atoms with Crippen LogP contribution in [0.5, 0.6) is 0 Å². The molecule has 17 heavy (non-hydrogen) atoms. The van der Waals surface area contributed by atoms with Crippen LogP contribution in [0.2, 0.25) is 10.0 Å². The lowest BCUT2D eigenvalue weighted by Crippen LogP contribution is -2.34. The van der Waals surface area contributed by atoms with E-state index in [0.717, 1.165) is 13.1 Å². The van der Waals surface area contributed by atoms with Crippen molar-refractivity contribution >= 4 is 29.0 Å². The summed E-state index contributed by atoms with van der Waals surface area (Å²) in [6, 6.07) is 5.03. The fourth-order valence-electron chi connectivity index (χ4n) is 2.12. The van der Waals surface area contributed by atoms with Gasteiger partial charge in [0.05, 0.1) is 11.6 Å². The van der Waals surface area contributed by atoms with Gasteiger partial charge in [0, 0.05) is 10.6 Å². The summed E-state index contributed by atoms with van der Waals surface area (Å²) in [4.78, 5) is 14.3. The molecule has 0 radical (unpaired) electrons. The standard InChI is InChI=1S/C13H15Cl2NO/c14-10-4-5-11(12(15)8-10)13(17)9-16-6-2-1-3-7-16/h4-5,8H,1-3,6-7,9H2. The first-order valence-electron chi connectivity index (χ1n) is 5.87. The molecule has 0 spiro atoms. The Morgan fingerprint density at radius 2 is 1.88 bits per heavy atom. The molecule has 0 aliphatic carbocycles. The predicted octanol–water partition coefficient (Wildman–Crippen LogP) is 3.66. The van der Waals surface area contributed by atoms with Crippen molar-refractivity contribution < 1.29 is 4.79 Å². The third kappa shape index (κ3) is 3.44. The largest absolute Gasteiger partial charge is 0.296 e. The highest BCUT2D eigenvalue weighted by Crippen LogP contribution is 2.22. The first-order valence-corrected chi connectivity index (χ1v) is 6.63. The molecular weight excluding hydrogens is 257 g/mol. The van der Waals surface area contributed by atoms with Gasteiger partial charge in [0.15, 0.2) is 5.78 Å². The second-order valence-electron chi connectivity index (χ2n) is 4.38. The van der Waals surface area contributed by atoms with E-state index in [1.165, 1.54) is 19.3 Å². The monoisotopic (exact) mass is 271 g/mol. The SMILES string of the molecule is O=C(CN1CCCCC1)c1ccc(Cl)cc1Cl. The summed E-state index contributed by atoms with van der Waals surface area (Å²) in [6.45, 7) is 2.48. The number of carbonyl (C=O) groups excluding carboxylic acids is 1. The Balaban J connectivity index is 2.03. The van der Waals surface area contributed by atoms with Gasteiger partial charge in [-0.3, -0.25) is 9.69 Å². The number of piperidine rings is 1. The van der Waals surface area contributed by atoms with Gasteiger partial charge in [-0.25, -0.2) is 0 Å². The van der Waals surface area contributed by atoms with Crippen LogP contribution in [-0.2, 0) is 0 Å². The summed E-state index contributed by atoms with van der Waals surface area (Å²) >= 11 is 11.8. The maximum atomic E-state index is 12.1. The van der Waals surface area contributed by atoms with Gasteiger partial charge in [0.25, 0.3) is 0 Å². The van der Waals surface area contributed by atoms with Crippen molar-refractivity contribution in [2.75, 3.05) is 19.6 Å². The van der Waals surface area contributed by atoms with Gasteiger partial charge in [-0.15, -0.1) is 0 Å². The Morgan fingerprint density at radius 1 is 1.18 bits per heavy atom. The maximum absolute atomic E-state index is 12.1. The van der Waals surface area contributed by atoms with Crippen molar-refractivity contribution in [1.82, 2.24) is 4.90 Å². The van der Waals surface area contributed by atoms with E-state index in [1.54, 1.807) is 18.2 Å². The normalized spacial score (nSPS) is 17.1. The second-order valence-corrected chi connectivity index (χ2v) is 5.23. The van der Waals surface area contributed by atoms with E-state index in [9.17, 15) is 4.79 Å². The van der Waals surface area contributed by atoms with E-state index in [4.69, 9.17) is 23.2 Å². The van der Waals surface area contributed by atoms with Gasteiger partial charge in [-0.2, -0.15) is 0 Å². The smallest absolute Gasteiger partial charge is 0.178 e. The van der Waals surface area contributed by atoms with Gasteiger partial charge in [0.1, 0.15) is 0 Å². The molecule has 0 amide bonds. The first-order chi connectivity index (χ1) is 8.16. The molecule has 2 nitrogen and oxygen atoms in total. The van der Waals surface area contributed by atoms with E-state index in [1.807, 2.05) is 0 Å². The fraction of sp³-hybridized carbons (Fsp3) is 0.462. The zero-order valence-corrected chi connectivity index (χ0v) is 11.1. The highest BCUT2D eigenvalue weighted by molar-refractivity contribution is 6.36. The van der Waals surface area contributed by atoms with Crippen LogP contribution in [0.3, 0.4) is 0 Å². The Kier molecular flexibility index (Phi) is 4.43. The maximum Gasteiger partial charge on any atom is 0.178 e. The molecule has 1 aliphatic rings. The topological polar surface area (TPSA) is 20.3 Å². The number of likely N-dealkylation sites (tertiary alicyclic amines) is 1. The van der Waals surface area contributed by atoms with Gasteiger partial charge in [0.2, 0.25) is 0 Å².